The van der Waals surface area contributed by atoms with Gasteiger partial charge in [-0.25, -0.2) is 0 Å². The summed E-state index contributed by atoms with van der Waals surface area (Å²) in [6.07, 6.45) is 1.34. The maximum Gasteiger partial charge on any atom is 0.243 e. The van der Waals surface area contributed by atoms with Crippen LogP contribution in [-0.4, -0.2) is 29.3 Å². The zero-order chi connectivity index (χ0) is 28.3. The molecule has 2 amide bonds. The summed E-state index contributed by atoms with van der Waals surface area (Å²) >= 11 is 13.2. The number of carbonyl (C=O) groups is 2. The van der Waals surface area contributed by atoms with E-state index in [1.54, 1.807) is 23.1 Å². The summed E-state index contributed by atoms with van der Waals surface area (Å²) in [6, 6.07) is 34.3. The van der Waals surface area contributed by atoms with Gasteiger partial charge in [0.2, 0.25) is 11.8 Å². The molecule has 6 heteroatoms. The molecule has 1 N–H and O–H groups in total. The zero-order valence-electron chi connectivity index (χ0n) is 22.6. The molecule has 4 nitrogen and oxygen atoms in total. The minimum atomic E-state index is -0.749. The minimum absolute atomic E-state index is 0.116. The Hall–Kier alpha value is -3.60. The average molecular weight is 574 g/mol. The molecule has 4 rings (SSSR count). The fourth-order valence-corrected chi connectivity index (χ4v) is 5.38. The van der Waals surface area contributed by atoms with Crippen molar-refractivity contribution >= 4 is 35.0 Å². The van der Waals surface area contributed by atoms with Gasteiger partial charge in [-0.05, 0) is 35.2 Å². The Labute approximate surface area is 246 Å². The first-order valence-electron chi connectivity index (χ1n) is 13.6. The lowest BCUT2D eigenvalue weighted by Gasteiger charge is -2.33. The Morgan fingerprint density at radius 1 is 0.750 bits per heavy atom. The van der Waals surface area contributed by atoms with E-state index in [0.717, 1.165) is 23.1 Å². The minimum Gasteiger partial charge on any atom is -0.354 e. The summed E-state index contributed by atoms with van der Waals surface area (Å²) in [4.78, 5) is 29.7. The molecular formula is C34H34Cl2N2O2. The number of rotatable bonds is 12. The van der Waals surface area contributed by atoms with Gasteiger partial charge < -0.3 is 10.2 Å². The molecule has 0 radical (unpaired) electrons. The number of nitrogens with one attached hydrogen (secondary N) is 1. The van der Waals surface area contributed by atoms with Crippen LogP contribution in [0.2, 0.25) is 10.0 Å². The molecule has 206 valence electrons. The van der Waals surface area contributed by atoms with Gasteiger partial charge in [-0.2, -0.15) is 0 Å². The van der Waals surface area contributed by atoms with Crippen molar-refractivity contribution in [2.75, 3.05) is 6.54 Å². The van der Waals surface area contributed by atoms with Gasteiger partial charge in [0.1, 0.15) is 6.04 Å². The number of hydrogen-bond acceptors (Lipinski definition) is 2. The summed E-state index contributed by atoms with van der Waals surface area (Å²) < 4.78 is 0. The van der Waals surface area contributed by atoms with Gasteiger partial charge in [0.15, 0.2) is 0 Å². The summed E-state index contributed by atoms with van der Waals surface area (Å²) in [6.45, 7) is 2.64. The van der Waals surface area contributed by atoms with Crippen LogP contribution in [0, 0.1) is 0 Å². The van der Waals surface area contributed by atoms with E-state index in [9.17, 15) is 9.59 Å². The van der Waals surface area contributed by atoms with Crippen molar-refractivity contribution in [3.05, 3.63) is 141 Å². The Kier molecular flexibility index (Phi) is 10.8. The molecule has 4 aromatic carbocycles. The van der Waals surface area contributed by atoms with Crippen LogP contribution in [0.1, 0.15) is 47.9 Å². The molecule has 0 saturated carbocycles. The Balaban J connectivity index is 1.76. The van der Waals surface area contributed by atoms with Crippen LogP contribution < -0.4 is 5.32 Å². The lowest BCUT2D eigenvalue weighted by atomic mass is 9.87. The Morgan fingerprint density at radius 3 is 1.80 bits per heavy atom. The van der Waals surface area contributed by atoms with E-state index in [0.29, 0.717) is 28.6 Å². The van der Waals surface area contributed by atoms with Crippen molar-refractivity contribution < 1.29 is 9.59 Å². The first-order chi connectivity index (χ1) is 19.5. The summed E-state index contributed by atoms with van der Waals surface area (Å²) in [5.74, 6) is -0.533. The van der Waals surface area contributed by atoms with E-state index in [2.05, 4.69) is 5.32 Å². The van der Waals surface area contributed by atoms with Gasteiger partial charge in [-0.1, -0.05) is 127 Å². The second-order valence-electron chi connectivity index (χ2n) is 9.80. The molecule has 0 aliphatic heterocycles. The molecule has 0 aliphatic rings. The van der Waals surface area contributed by atoms with Crippen LogP contribution in [0.25, 0.3) is 0 Å². The summed E-state index contributed by atoms with van der Waals surface area (Å²) in [5, 5.41) is 3.94. The number of hydrogen-bond donors (Lipinski definition) is 1. The SMILES string of the molecule is CCCNC(=O)[C@H](Cc1ccccc1)N(Cc1c(Cl)cccc1Cl)C(=O)CC(c1ccccc1)c1ccccc1. The third-order valence-electron chi connectivity index (χ3n) is 6.99. The van der Waals surface area contributed by atoms with E-state index in [-0.39, 0.29) is 30.7 Å². The largest absolute Gasteiger partial charge is 0.354 e. The van der Waals surface area contributed by atoms with Crippen molar-refractivity contribution in [3.63, 3.8) is 0 Å². The number of carbonyl (C=O) groups excluding carboxylic acids is 2. The summed E-state index contributed by atoms with van der Waals surface area (Å²) in [7, 11) is 0. The summed E-state index contributed by atoms with van der Waals surface area (Å²) in [5.41, 5.74) is 3.65. The molecular weight excluding hydrogens is 539 g/mol. The molecule has 4 aromatic rings. The van der Waals surface area contributed by atoms with Crippen LogP contribution >= 0.6 is 23.2 Å². The van der Waals surface area contributed by atoms with Crippen molar-refractivity contribution in [2.45, 2.75) is 44.7 Å². The van der Waals surface area contributed by atoms with Crippen molar-refractivity contribution in [1.29, 1.82) is 0 Å². The maximum absolute atomic E-state index is 14.4. The lowest BCUT2D eigenvalue weighted by Crippen LogP contribution is -2.51. The smallest absolute Gasteiger partial charge is 0.243 e. The zero-order valence-corrected chi connectivity index (χ0v) is 24.1. The number of amides is 2. The first kappa shape index (κ1) is 29.4. The molecule has 0 saturated heterocycles. The van der Waals surface area contributed by atoms with Gasteiger partial charge in [0.05, 0.1) is 0 Å². The second kappa shape index (κ2) is 14.7. The fourth-order valence-electron chi connectivity index (χ4n) is 4.86. The normalized spacial score (nSPS) is 11.7. The average Bonchev–Trinajstić information content (AvgIpc) is 2.99. The standard InChI is InChI=1S/C34H34Cl2N2O2/c1-2-21-37-34(40)32(22-25-13-6-3-7-14-25)38(24-29-30(35)19-12-20-31(29)36)33(39)23-28(26-15-8-4-9-16-26)27-17-10-5-11-18-27/h3-20,28,32H,2,21-24H2,1H3,(H,37,40)/t32-/m0/s1. The van der Waals surface area contributed by atoms with E-state index >= 15 is 0 Å². The van der Waals surface area contributed by atoms with Crippen LogP contribution in [0.3, 0.4) is 0 Å². The van der Waals surface area contributed by atoms with Crippen LogP contribution in [-0.2, 0) is 22.6 Å². The molecule has 1 atom stereocenters. The molecule has 0 heterocycles. The van der Waals surface area contributed by atoms with E-state index in [4.69, 9.17) is 23.2 Å². The third kappa shape index (κ3) is 7.74. The van der Waals surface area contributed by atoms with Crippen LogP contribution in [0.15, 0.2) is 109 Å². The van der Waals surface area contributed by atoms with E-state index in [1.165, 1.54) is 0 Å². The molecule has 0 aliphatic carbocycles. The topological polar surface area (TPSA) is 49.4 Å². The highest BCUT2D eigenvalue weighted by Crippen LogP contribution is 2.32. The van der Waals surface area contributed by atoms with Crippen molar-refractivity contribution in [2.24, 2.45) is 0 Å². The van der Waals surface area contributed by atoms with Gasteiger partial charge in [-0.15, -0.1) is 0 Å². The third-order valence-corrected chi connectivity index (χ3v) is 7.70. The molecule has 0 fully saturated rings. The highest BCUT2D eigenvalue weighted by Gasteiger charge is 2.33. The lowest BCUT2D eigenvalue weighted by molar-refractivity contribution is -0.141. The molecule has 0 unspecified atom stereocenters. The van der Waals surface area contributed by atoms with Crippen LogP contribution in [0.4, 0.5) is 0 Å². The highest BCUT2D eigenvalue weighted by atomic mass is 35.5. The first-order valence-corrected chi connectivity index (χ1v) is 14.4. The maximum atomic E-state index is 14.4. The van der Waals surface area contributed by atoms with E-state index in [1.807, 2.05) is 97.9 Å². The number of halogens is 2. The van der Waals surface area contributed by atoms with E-state index < -0.39 is 6.04 Å². The van der Waals surface area contributed by atoms with Gasteiger partial charge >= 0.3 is 0 Å². The van der Waals surface area contributed by atoms with Gasteiger partial charge in [0, 0.05) is 47.5 Å². The van der Waals surface area contributed by atoms with Crippen LogP contribution in [0.5, 0.6) is 0 Å². The quantitative estimate of drug-likeness (QED) is 0.189. The molecule has 0 bridgehead atoms. The van der Waals surface area contributed by atoms with Crippen molar-refractivity contribution in [3.8, 4) is 0 Å². The monoisotopic (exact) mass is 572 g/mol. The predicted molar refractivity (Wildman–Crippen MR) is 164 cm³/mol. The predicted octanol–water partition coefficient (Wildman–Crippen LogP) is 7.68. The Bertz CT molecular complexity index is 1320. The van der Waals surface area contributed by atoms with Gasteiger partial charge in [-0.3, -0.25) is 9.59 Å². The molecule has 0 aromatic heterocycles. The molecule has 40 heavy (non-hydrogen) atoms. The van der Waals surface area contributed by atoms with Gasteiger partial charge in [0.25, 0.3) is 0 Å². The number of nitrogens with zero attached hydrogens (tertiary/aromatic N) is 1. The molecule has 0 spiro atoms. The highest BCUT2D eigenvalue weighted by molar-refractivity contribution is 6.36. The van der Waals surface area contributed by atoms with Crippen molar-refractivity contribution in [1.82, 2.24) is 10.2 Å². The number of benzene rings is 4. The fraction of sp³-hybridized carbons (Fsp3) is 0.235. The Morgan fingerprint density at radius 2 is 1.27 bits per heavy atom. The second-order valence-corrected chi connectivity index (χ2v) is 10.6.